The van der Waals surface area contributed by atoms with E-state index < -0.39 is 5.60 Å². The summed E-state index contributed by atoms with van der Waals surface area (Å²) in [6, 6.07) is 3.20. The molecule has 3 N–H and O–H groups in total. The first-order chi connectivity index (χ1) is 9.43. The van der Waals surface area contributed by atoms with Crippen LogP contribution in [0.3, 0.4) is 0 Å². The maximum absolute atomic E-state index is 12.2. The fourth-order valence-electron chi connectivity index (χ4n) is 1.98. The van der Waals surface area contributed by atoms with Crippen LogP contribution in [-0.4, -0.2) is 31.5 Å². The Morgan fingerprint density at radius 3 is 2.70 bits per heavy atom. The maximum atomic E-state index is 12.2. The standard InChI is InChI=1S/C14H20N2O4/c1-4-20-14(2,3)7-16-13(17)9-5-11-12(6-10(9)15)19-8-18-11/h5-6H,4,7-8,15H2,1-3H3,(H,16,17). The number of carbonyl (C=O) groups excluding carboxylic acids is 1. The Balaban J connectivity index is 2.06. The number of hydrogen-bond donors (Lipinski definition) is 2. The van der Waals surface area contributed by atoms with Gasteiger partial charge in [0.2, 0.25) is 6.79 Å². The summed E-state index contributed by atoms with van der Waals surface area (Å²) < 4.78 is 16.0. The van der Waals surface area contributed by atoms with Crippen LogP contribution >= 0.6 is 0 Å². The van der Waals surface area contributed by atoms with Gasteiger partial charge in [0.25, 0.3) is 5.91 Å². The molecule has 20 heavy (non-hydrogen) atoms. The number of amides is 1. The molecule has 0 aromatic heterocycles. The molecule has 1 aromatic carbocycles. The zero-order valence-corrected chi connectivity index (χ0v) is 12.0. The first-order valence-corrected chi connectivity index (χ1v) is 6.54. The lowest BCUT2D eigenvalue weighted by molar-refractivity contribution is -0.00815. The average Bonchev–Trinajstić information content (AvgIpc) is 2.82. The number of benzene rings is 1. The predicted molar refractivity (Wildman–Crippen MR) is 75.0 cm³/mol. The van der Waals surface area contributed by atoms with E-state index in [1.807, 2.05) is 20.8 Å². The van der Waals surface area contributed by atoms with Crippen molar-refractivity contribution in [2.45, 2.75) is 26.4 Å². The second-order valence-electron chi connectivity index (χ2n) is 5.17. The fourth-order valence-corrected chi connectivity index (χ4v) is 1.98. The highest BCUT2D eigenvalue weighted by Gasteiger charge is 2.22. The number of anilines is 1. The number of ether oxygens (including phenoxy) is 3. The van der Waals surface area contributed by atoms with Crippen LogP contribution in [-0.2, 0) is 4.74 Å². The molecule has 6 heteroatoms. The van der Waals surface area contributed by atoms with Crippen molar-refractivity contribution in [3.8, 4) is 11.5 Å². The van der Waals surface area contributed by atoms with Crippen LogP contribution in [0.1, 0.15) is 31.1 Å². The van der Waals surface area contributed by atoms with Gasteiger partial charge in [-0.1, -0.05) is 0 Å². The van der Waals surface area contributed by atoms with Gasteiger partial charge in [-0.2, -0.15) is 0 Å². The lowest BCUT2D eigenvalue weighted by atomic mass is 10.1. The number of rotatable bonds is 5. The third-order valence-corrected chi connectivity index (χ3v) is 3.00. The van der Waals surface area contributed by atoms with Gasteiger partial charge in [0.15, 0.2) is 11.5 Å². The smallest absolute Gasteiger partial charge is 0.253 e. The minimum Gasteiger partial charge on any atom is -0.454 e. The Hall–Kier alpha value is -1.95. The van der Waals surface area contributed by atoms with Crippen LogP contribution in [0.2, 0.25) is 0 Å². The minimum absolute atomic E-state index is 0.150. The number of fused-ring (bicyclic) bond motifs is 1. The van der Waals surface area contributed by atoms with Crippen LogP contribution < -0.4 is 20.5 Å². The number of hydrogen-bond acceptors (Lipinski definition) is 5. The third-order valence-electron chi connectivity index (χ3n) is 3.00. The normalized spacial score (nSPS) is 13.3. The van der Waals surface area contributed by atoms with Gasteiger partial charge in [0, 0.05) is 24.9 Å². The molecule has 0 atom stereocenters. The number of nitrogens with one attached hydrogen (secondary N) is 1. The highest BCUT2D eigenvalue weighted by molar-refractivity contribution is 6.00. The molecule has 1 aromatic rings. The van der Waals surface area contributed by atoms with Crippen molar-refractivity contribution in [1.82, 2.24) is 5.32 Å². The summed E-state index contributed by atoms with van der Waals surface area (Å²) in [7, 11) is 0. The van der Waals surface area contributed by atoms with Gasteiger partial charge in [-0.3, -0.25) is 4.79 Å². The van der Waals surface area contributed by atoms with Crippen molar-refractivity contribution in [2.24, 2.45) is 0 Å². The molecule has 0 unspecified atom stereocenters. The predicted octanol–water partition coefficient (Wildman–Crippen LogP) is 1.54. The molecule has 0 spiro atoms. The molecule has 6 nitrogen and oxygen atoms in total. The lowest BCUT2D eigenvalue weighted by Crippen LogP contribution is -2.40. The summed E-state index contributed by atoms with van der Waals surface area (Å²) in [5.74, 6) is 0.843. The summed E-state index contributed by atoms with van der Waals surface area (Å²) in [4.78, 5) is 12.2. The van der Waals surface area contributed by atoms with Crippen molar-refractivity contribution < 1.29 is 19.0 Å². The van der Waals surface area contributed by atoms with Gasteiger partial charge in [0.05, 0.1) is 11.2 Å². The SMILES string of the molecule is CCOC(C)(C)CNC(=O)c1cc2c(cc1N)OCO2. The van der Waals surface area contributed by atoms with Gasteiger partial charge in [-0.25, -0.2) is 0 Å². The molecular weight excluding hydrogens is 260 g/mol. The highest BCUT2D eigenvalue weighted by Crippen LogP contribution is 2.35. The third kappa shape index (κ3) is 3.14. The molecule has 1 aliphatic rings. The Bertz CT molecular complexity index is 514. The number of carbonyl (C=O) groups is 1. The second-order valence-corrected chi connectivity index (χ2v) is 5.17. The van der Waals surface area contributed by atoms with Crippen molar-refractivity contribution >= 4 is 11.6 Å². The molecule has 1 heterocycles. The summed E-state index contributed by atoms with van der Waals surface area (Å²) in [6.45, 7) is 6.89. The van der Waals surface area contributed by atoms with Gasteiger partial charge < -0.3 is 25.3 Å². The molecule has 0 radical (unpaired) electrons. The first kappa shape index (κ1) is 14.5. The molecule has 0 saturated carbocycles. The van der Waals surface area contributed by atoms with Crippen molar-refractivity contribution in [1.29, 1.82) is 0 Å². The Labute approximate surface area is 118 Å². The van der Waals surface area contributed by atoms with Gasteiger partial charge in [-0.05, 0) is 26.8 Å². The van der Waals surface area contributed by atoms with E-state index in [2.05, 4.69) is 5.32 Å². The lowest BCUT2D eigenvalue weighted by Gasteiger charge is -2.25. The minimum atomic E-state index is -0.421. The Morgan fingerprint density at radius 2 is 2.05 bits per heavy atom. The largest absolute Gasteiger partial charge is 0.454 e. The van der Waals surface area contributed by atoms with Crippen molar-refractivity contribution in [2.75, 3.05) is 25.7 Å². The molecule has 0 aliphatic carbocycles. The summed E-state index contributed by atoms with van der Waals surface area (Å²) in [6.07, 6.45) is 0. The summed E-state index contributed by atoms with van der Waals surface area (Å²) in [5, 5.41) is 2.82. The quantitative estimate of drug-likeness (QED) is 0.799. The molecule has 0 saturated heterocycles. The Morgan fingerprint density at radius 1 is 1.40 bits per heavy atom. The zero-order chi connectivity index (χ0) is 14.8. The van der Waals surface area contributed by atoms with E-state index in [0.717, 1.165) is 0 Å². The van der Waals surface area contributed by atoms with E-state index in [-0.39, 0.29) is 12.7 Å². The van der Waals surface area contributed by atoms with Gasteiger partial charge >= 0.3 is 0 Å². The van der Waals surface area contributed by atoms with Crippen LogP contribution in [0.5, 0.6) is 11.5 Å². The highest BCUT2D eigenvalue weighted by atomic mass is 16.7. The second kappa shape index (κ2) is 5.58. The summed E-state index contributed by atoms with van der Waals surface area (Å²) in [5.41, 5.74) is 6.18. The maximum Gasteiger partial charge on any atom is 0.253 e. The van der Waals surface area contributed by atoms with E-state index in [1.165, 1.54) is 0 Å². The molecular formula is C14H20N2O4. The zero-order valence-electron chi connectivity index (χ0n) is 12.0. The molecule has 1 aliphatic heterocycles. The molecule has 2 rings (SSSR count). The molecule has 0 fully saturated rings. The van der Waals surface area contributed by atoms with Crippen LogP contribution in [0.25, 0.3) is 0 Å². The molecule has 0 bridgehead atoms. The van der Waals surface area contributed by atoms with Crippen LogP contribution in [0.15, 0.2) is 12.1 Å². The number of nitrogen functional groups attached to an aromatic ring is 1. The van der Waals surface area contributed by atoms with Crippen LogP contribution in [0.4, 0.5) is 5.69 Å². The van der Waals surface area contributed by atoms with Crippen LogP contribution in [0, 0.1) is 0 Å². The van der Waals surface area contributed by atoms with E-state index in [4.69, 9.17) is 19.9 Å². The first-order valence-electron chi connectivity index (χ1n) is 6.54. The topological polar surface area (TPSA) is 82.8 Å². The van der Waals surface area contributed by atoms with E-state index in [0.29, 0.717) is 35.9 Å². The van der Waals surface area contributed by atoms with Crippen molar-refractivity contribution in [3.63, 3.8) is 0 Å². The van der Waals surface area contributed by atoms with E-state index >= 15 is 0 Å². The average molecular weight is 280 g/mol. The van der Waals surface area contributed by atoms with Gasteiger partial charge in [0.1, 0.15) is 0 Å². The molecule has 110 valence electrons. The van der Waals surface area contributed by atoms with Crippen molar-refractivity contribution in [3.05, 3.63) is 17.7 Å². The monoisotopic (exact) mass is 280 g/mol. The van der Waals surface area contributed by atoms with E-state index in [1.54, 1.807) is 12.1 Å². The fraction of sp³-hybridized carbons (Fsp3) is 0.500. The van der Waals surface area contributed by atoms with E-state index in [9.17, 15) is 4.79 Å². The summed E-state index contributed by atoms with van der Waals surface area (Å²) >= 11 is 0. The molecule has 1 amide bonds. The number of nitrogens with two attached hydrogens (primary N) is 1. The van der Waals surface area contributed by atoms with Gasteiger partial charge in [-0.15, -0.1) is 0 Å². The Kier molecular flexibility index (Phi) is 4.04.